The van der Waals surface area contributed by atoms with Crippen molar-refractivity contribution in [3.8, 4) is 0 Å². The number of tetrazole rings is 1. The van der Waals surface area contributed by atoms with Gasteiger partial charge in [-0.15, -0.1) is 4.68 Å². The maximum Gasteiger partial charge on any atom is 0.372 e. The molecule has 94 valence electrons. The van der Waals surface area contributed by atoms with Gasteiger partial charge in [-0.25, -0.2) is 9.59 Å². The number of carbonyl (C=O) groups is 2. The third-order valence-corrected chi connectivity index (χ3v) is 2.27. The molecule has 0 bridgehead atoms. The third kappa shape index (κ3) is 2.77. The number of aromatic nitrogens is 4. The Bertz CT molecular complexity index is 487. The van der Waals surface area contributed by atoms with Gasteiger partial charge in [0.05, 0.1) is 0 Å². The van der Waals surface area contributed by atoms with Crippen LogP contribution in [-0.4, -0.2) is 49.6 Å². The third-order valence-electron chi connectivity index (χ3n) is 2.27. The lowest BCUT2D eigenvalue weighted by molar-refractivity contribution is -0.117. The van der Waals surface area contributed by atoms with Gasteiger partial charge in [-0.3, -0.25) is 4.79 Å². The summed E-state index contributed by atoms with van der Waals surface area (Å²) in [5.74, 6) is -0.233. The first kappa shape index (κ1) is 13.1. The fraction of sp³-hybridized carbons (Fsp3) is 0.667. The molecule has 0 aromatic carbocycles. The van der Waals surface area contributed by atoms with Crippen molar-refractivity contribution < 1.29 is 9.59 Å². The maximum atomic E-state index is 11.8. The highest BCUT2D eigenvalue weighted by Crippen LogP contribution is 1.95. The van der Waals surface area contributed by atoms with E-state index in [9.17, 15) is 14.4 Å². The van der Waals surface area contributed by atoms with Crippen LogP contribution in [0.1, 0.15) is 20.8 Å². The van der Waals surface area contributed by atoms with Crippen molar-refractivity contribution in [2.75, 3.05) is 7.05 Å². The Morgan fingerprint density at radius 2 is 1.94 bits per heavy atom. The zero-order valence-electron chi connectivity index (χ0n) is 10.2. The number of hydrogen-bond acceptors (Lipinski definition) is 5. The Labute approximate surface area is 97.8 Å². The number of carbonyl (C=O) groups excluding carboxylic acids is 2. The smallest absolute Gasteiger partial charge is 0.323 e. The van der Waals surface area contributed by atoms with Crippen LogP contribution in [0.25, 0.3) is 0 Å². The monoisotopic (exact) mass is 241 g/mol. The molecule has 0 aliphatic heterocycles. The molecule has 0 atom stereocenters. The topological polar surface area (TPSA) is 90.1 Å². The molecule has 0 aliphatic rings. The van der Waals surface area contributed by atoms with Gasteiger partial charge < -0.3 is 4.90 Å². The molecule has 1 amide bonds. The van der Waals surface area contributed by atoms with Crippen molar-refractivity contribution in [1.29, 1.82) is 0 Å². The average molecular weight is 241 g/mol. The van der Waals surface area contributed by atoms with E-state index in [0.717, 1.165) is 4.68 Å². The molecule has 0 saturated carbocycles. The van der Waals surface area contributed by atoms with Crippen LogP contribution in [0.5, 0.6) is 0 Å². The molecule has 0 aliphatic carbocycles. The van der Waals surface area contributed by atoms with Crippen LogP contribution in [0.4, 0.5) is 4.79 Å². The normalized spacial score (nSPS) is 10.6. The van der Waals surface area contributed by atoms with Crippen molar-refractivity contribution in [3.63, 3.8) is 0 Å². The number of nitrogens with zero attached hydrogens (tertiary/aromatic N) is 5. The summed E-state index contributed by atoms with van der Waals surface area (Å²) in [6, 6.07) is -0.632. The Kier molecular flexibility index (Phi) is 3.77. The molecule has 8 heteroatoms. The van der Waals surface area contributed by atoms with Crippen molar-refractivity contribution in [2.24, 2.45) is 0 Å². The predicted octanol–water partition coefficient (Wildman–Crippen LogP) is -0.663. The van der Waals surface area contributed by atoms with E-state index in [2.05, 4.69) is 10.4 Å². The minimum absolute atomic E-state index is 0.0626. The predicted molar refractivity (Wildman–Crippen MR) is 58.7 cm³/mol. The van der Waals surface area contributed by atoms with E-state index in [1.54, 1.807) is 7.05 Å². The molecule has 0 N–H and O–H groups in total. The summed E-state index contributed by atoms with van der Waals surface area (Å²) in [6.45, 7) is 4.76. The van der Waals surface area contributed by atoms with Crippen LogP contribution in [-0.2, 0) is 11.3 Å². The van der Waals surface area contributed by atoms with Crippen LogP contribution in [0.3, 0.4) is 0 Å². The van der Waals surface area contributed by atoms with Gasteiger partial charge in [0.15, 0.2) is 5.78 Å². The van der Waals surface area contributed by atoms with Crippen molar-refractivity contribution in [3.05, 3.63) is 10.5 Å². The van der Waals surface area contributed by atoms with Crippen LogP contribution < -0.4 is 5.69 Å². The summed E-state index contributed by atoms with van der Waals surface area (Å²) in [6.07, 6.45) is 0. The minimum atomic E-state index is -0.710. The van der Waals surface area contributed by atoms with Crippen molar-refractivity contribution in [1.82, 2.24) is 24.7 Å². The van der Waals surface area contributed by atoms with Gasteiger partial charge >= 0.3 is 11.7 Å². The van der Waals surface area contributed by atoms with Gasteiger partial charge in [-0.1, -0.05) is 0 Å². The van der Waals surface area contributed by atoms with Gasteiger partial charge in [-0.2, -0.15) is 4.68 Å². The molecule has 17 heavy (non-hydrogen) atoms. The molecule has 1 rings (SSSR count). The SMILES string of the molecule is CC(=O)Cn1nnn(C(=O)N(C)C(C)C)c1=O. The van der Waals surface area contributed by atoms with Gasteiger partial charge in [-0.05, 0) is 31.2 Å². The first-order valence-corrected chi connectivity index (χ1v) is 5.14. The number of rotatable bonds is 3. The van der Waals surface area contributed by atoms with E-state index in [1.165, 1.54) is 11.8 Å². The number of amides is 1. The molecular weight excluding hydrogens is 226 g/mol. The fourth-order valence-electron chi connectivity index (χ4n) is 1.07. The summed E-state index contributed by atoms with van der Waals surface area (Å²) in [5, 5.41) is 6.91. The zero-order valence-corrected chi connectivity index (χ0v) is 10.2. The maximum absolute atomic E-state index is 11.8. The minimum Gasteiger partial charge on any atom is -0.323 e. The van der Waals surface area contributed by atoms with E-state index in [4.69, 9.17) is 0 Å². The standard InChI is InChI=1S/C9H15N5O3/c1-6(2)12(4)8(16)14-9(17)13(10-11-14)5-7(3)15/h6H,5H2,1-4H3. The Hall–Kier alpha value is -1.99. The lowest BCUT2D eigenvalue weighted by atomic mass is 10.4. The molecule has 0 saturated heterocycles. The van der Waals surface area contributed by atoms with Crippen LogP contribution in [0.2, 0.25) is 0 Å². The van der Waals surface area contributed by atoms with Gasteiger partial charge in [0.25, 0.3) is 0 Å². The summed E-state index contributed by atoms with van der Waals surface area (Å²) >= 11 is 0. The average Bonchev–Trinajstić information content (AvgIpc) is 2.57. The summed E-state index contributed by atoms with van der Waals surface area (Å²) < 4.78 is 1.50. The van der Waals surface area contributed by atoms with E-state index in [1.807, 2.05) is 13.8 Å². The first-order valence-electron chi connectivity index (χ1n) is 5.14. The largest absolute Gasteiger partial charge is 0.372 e. The molecule has 8 nitrogen and oxygen atoms in total. The van der Waals surface area contributed by atoms with Gasteiger partial charge in [0.1, 0.15) is 6.54 Å². The van der Waals surface area contributed by atoms with Crippen molar-refractivity contribution >= 4 is 11.8 Å². The van der Waals surface area contributed by atoms with Crippen LogP contribution in [0.15, 0.2) is 4.79 Å². The number of hydrogen-bond donors (Lipinski definition) is 0. The summed E-state index contributed by atoms with van der Waals surface area (Å²) in [5.41, 5.74) is -0.710. The second-order valence-corrected chi connectivity index (χ2v) is 4.02. The van der Waals surface area contributed by atoms with Gasteiger partial charge in [0, 0.05) is 13.1 Å². The van der Waals surface area contributed by atoms with Gasteiger partial charge in [0.2, 0.25) is 0 Å². The molecule has 0 unspecified atom stereocenters. The highest BCUT2D eigenvalue weighted by molar-refractivity contribution is 5.76. The van der Waals surface area contributed by atoms with E-state index >= 15 is 0 Å². The zero-order chi connectivity index (χ0) is 13.2. The molecule has 0 fully saturated rings. The quantitative estimate of drug-likeness (QED) is 0.655. The Morgan fingerprint density at radius 1 is 1.35 bits per heavy atom. The highest BCUT2D eigenvalue weighted by atomic mass is 16.2. The lowest BCUT2D eigenvalue weighted by Gasteiger charge is -2.19. The van der Waals surface area contributed by atoms with Crippen LogP contribution in [0, 0.1) is 0 Å². The Balaban J connectivity index is 3.01. The Morgan fingerprint density at radius 3 is 2.41 bits per heavy atom. The van der Waals surface area contributed by atoms with E-state index in [0.29, 0.717) is 4.68 Å². The summed E-state index contributed by atoms with van der Waals surface area (Å²) in [4.78, 5) is 35.7. The highest BCUT2D eigenvalue weighted by Gasteiger charge is 2.20. The fourth-order valence-corrected chi connectivity index (χ4v) is 1.07. The molecule has 0 radical (unpaired) electrons. The molecule has 1 aromatic heterocycles. The van der Waals surface area contributed by atoms with E-state index < -0.39 is 11.7 Å². The second kappa shape index (κ2) is 4.89. The number of Topliss-reactive ketones (excluding diaryl/α,β-unsaturated/α-hetero) is 1. The first-order chi connectivity index (χ1) is 7.84. The summed E-state index contributed by atoms with van der Waals surface area (Å²) in [7, 11) is 1.56. The molecular formula is C9H15N5O3. The second-order valence-electron chi connectivity index (χ2n) is 4.02. The molecule has 0 spiro atoms. The molecule has 1 aromatic rings. The van der Waals surface area contributed by atoms with Crippen molar-refractivity contribution in [2.45, 2.75) is 33.4 Å². The lowest BCUT2D eigenvalue weighted by Crippen LogP contribution is -2.42. The van der Waals surface area contributed by atoms with Crippen LogP contribution >= 0.6 is 0 Å². The number of ketones is 1. The molecule has 1 heterocycles. The van der Waals surface area contributed by atoms with E-state index in [-0.39, 0.29) is 18.4 Å².